The van der Waals surface area contributed by atoms with Gasteiger partial charge in [0.25, 0.3) is 6.43 Å². The van der Waals surface area contributed by atoms with E-state index in [2.05, 4.69) is 4.74 Å². The molecule has 78 valence electrons. The van der Waals surface area contributed by atoms with Gasteiger partial charge in [-0.15, -0.1) is 0 Å². The molecule has 0 radical (unpaired) electrons. The molecule has 0 fully saturated rings. The minimum Gasteiger partial charge on any atom is -0.434 e. The van der Waals surface area contributed by atoms with Crippen LogP contribution in [0.3, 0.4) is 0 Å². The zero-order chi connectivity index (χ0) is 10.7. The van der Waals surface area contributed by atoms with Gasteiger partial charge in [0.1, 0.15) is 11.6 Å². The topological polar surface area (TPSA) is 9.23 Å². The lowest BCUT2D eigenvalue weighted by atomic mass is 10.2. The van der Waals surface area contributed by atoms with Crippen LogP contribution in [-0.4, -0.2) is 6.61 Å². The van der Waals surface area contributed by atoms with Crippen LogP contribution in [0.15, 0.2) is 18.2 Å². The summed E-state index contributed by atoms with van der Waals surface area (Å²) in [6.45, 7) is -3.21. The van der Waals surface area contributed by atoms with Crippen LogP contribution >= 0.6 is 0 Å². The summed E-state index contributed by atoms with van der Waals surface area (Å²) < 4.78 is 64.0. The van der Waals surface area contributed by atoms with Crippen molar-refractivity contribution in [2.24, 2.45) is 0 Å². The average molecular weight is 212 g/mol. The van der Waals surface area contributed by atoms with E-state index in [0.29, 0.717) is 6.07 Å². The predicted octanol–water partition coefficient (Wildman–Crippen LogP) is 3.36. The van der Waals surface area contributed by atoms with Gasteiger partial charge in [-0.2, -0.15) is 8.78 Å². The first-order chi connectivity index (χ1) is 6.50. The van der Waals surface area contributed by atoms with Crippen LogP contribution in [0.25, 0.3) is 0 Å². The van der Waals surface area contributed by atoms with E-state index < -0.39 is 30.2 Å². The van der Waals surface area contributed by atoms with E-state index in [9.17, 15) is 22.0 Å². The molecule has 0 N–H and O–H groups in total. The Balaban J connectivity index is 3.02. The maximum atomic E-state index is 12.5. The molecule has 0 saturated carbocycles. The Morgan fingerprint density at radius 1 is 1.07 bits per heavy atom. The average Bonchev–Trinajstić information content (AvgIpc) is 2.07. The first-order valence-corrected chi connectivity index (χ1v) is 3.53. The van der Waals surface area contributed by atoms with Crippen molar-refractivity contribution >= 4 is 0 Å². The minimum atomic E-state index is -3.21. The third-order valence-electron chi connectivity index (χ3n) is 1.42. The SMILES string of the molecule is Fc1ccc(OC(F)F)c(C(F)F)c1. The van der Waals surface area contributed by atoms with Gasteiger partial charge in [-0.3, -0.25) is 0 Å². The molecule has 0 heterocycles. The van der Waals surface area contributed by atoms with Crippen molar-refractivity contribution < 1.29 is 26.7 Å². The summed E-state index contributed by atoms with van der Waals surface area (Å²) in [5.41, 5.74) is -0.884. The van der Waals surface area contributed by atoms with Gasteiger partial charge in [-0.25, -0.2) is 13.2 Å². The van der Waals surface area contributed by atoms with Crippen LogP contribution in [0.4, 0.5) is 22.0 Å². The number of hydrogen-bond acceptors (Lipinski definition) is 1. The molecule has 1 aromatic carbocycles. The van der Waals surface area contributed by atoms with Crippen molar-refractivity contribution in [3.8, 4) is 5.75 Å². The Morgan fingerprint density at radius 3 is 2.21 bits per heavy atom. The normalized spacial score (nSPS) is 11.1. The molecule has 1 aromatic rings. The van der Waals surface area contributed by atoms with Gasteiger partial charge in [0.05, 0.1) is 5.56 Å². The molecule has 6 heteroatoms. The first-order valence-electron chi connectivity index (χ1n) is 3.53. The van der Waals surface area contributed by atoms with Crippen molar-refractivity contribution in [2.45, 2.75) is 13.0 Å². The van der Waals surface area contributed by atoms with Gasteiger partial charge in [0, 0.05) is 0 Å². The van der Waals surface area contributed by atoms with E-state index >= 15 is 0 Å². The van der Waals surface area contributed by atoms with E-state index in [-0.39, 0.29) is 0 Å². The molecule has 0 aliphatic heterocycles. The van der Waals surface area contributed by atoms with Crippen molar-refractivity contribution in [3.63, 3.8) is 0 Å². The van der Waals surface area contributed by atoms with Gasteiger partial charge >= 0.3 is 6.61 Å². The molecule has 0 aliphatic rings. The Morgan fingerprint density at radius 2 is 1.71 bits per heavy atom. The lowest BCUT2D eigenvalue weighted by Gasteiger charge is -2.09. The summed E-state index contributed by atoms with van der Waals surface area (Å²) in [6, 6.07) is 1.97. The Kier molecular flexibility index (Phi) is 3.27. The summed E-state index contributed by atoms with van der Waals surface area (Å²) in [5.74, 6) is -1.64. The number of alkyl halides is 4. The Labute approximate surface area is 76.1 Å². The monoisotopic (exact) mass is 212 g/mol. The van der Waals surface area contributed by atoms with Crippen LogP contribution in [0.1, 0.15) is 12.0 Å². The van der Waals surface area contributed by atoms with Gasteiger partial charge in [-0.1, -0.05) is 0 Å². The van der Waals surface area contributed by atoms with Crippen LogP contribution in [0.5, 0.6) is 5.75 Å². The summed E-state index contributed by atoms with van der Waals surface area (Å²) in [5, 5.41) is 0. The van der Waals surface area contributed by atoms with Crippen molar-refractivity contribution in [1.29, 1.82) is 0 Å². The fourth-order valence-corrected chi connectivity index (χ4v) is 0.893. The summed E-state index contributed by atoms with van der Waals surface area (Å²) in [4.78, 5) is 0. The van der Waals surface area contributed by atoms with Gasteiger partial charge in [0.2, 0.25) is 0 Å². The molecule has 0 amide bonds. The fraction of sp³-hybridized carbons (Fsp3) is 0.250. The second kappa shape index (κ2) is 4.26. The van der Waals surface area contributed by atoms with Gasteiger partial charge in [-0.05, 0) is 18.2 Å². The Bertz CT molecular complexity index is 313. The second-order valence-electron chi connectivity index (χ2n) is 2.36. The van der Waals surface area contributed by atoms with E-state index in [1.165, 1.54) is 0 Å². The van der Waals surface area contributed by atoms with Gasteiger partial charge in [0.15, 0.2) is 0 Å². The molecule has 0 aliphatic carbocycles. The number of rotatable bonds is 3. The zero-order valence-electron chi connectivity index (χ0n) is 6.68. The van der Waals surface area contributed by atoms with Crippen molar-refractivity contribution in [1.82, 2.24) is 0 Å². The van der Waals surface area contributed by atoms with E-state index in [0.717, 1.165) is 12.1 Å². The van der Waals surface area contributed by atoms with Crippen LogP contribution in [-0.2, 0) is 0 Å². The molecule has 0 atom stereocenters. The van der Waals surface area contributed by atoms with E-state index in [1.807, 2.05) is 0 Å². The highest BCUT2D eigenvalue weighted by atomic mass is 19.3. The molecule has 0 spiro atoms. The largest absolute Gasteiger partial charge is 0.434 e. The van der Waals surface area contributed by atoms with E-state index in [4.69, 9.17) is 0 Å². The minimum absolute atomic E-state index is 0.461. The fourth-order valence-electron chi connectivity index (χ4n) is 0.893. The maximum absolute atomic E-state index is 12.5. The van der Waals surface area contributed by atoms with E-state index in [1.54, 1.807) is 0 Å². The number of halogens is 5. The zero-order valence-corrected chi connectivity index (χ0v) is 6.68. The van der Waals surface area contributed by atoms with Crippen LogP contribution in [0.2, 0.25) is 0 Å². The second-order valence-corrected chi connectivity index (χ2v) is 2.36. The van der Waals surface area contributed by atoms with Gasteiger partial charge < -0.3 is 4.74 Å². The number of ether oxygens (including phenoxy) is 1. The number of hydrogen-bond donors (Lipinski definition) is 0. The standard InChI is InChI=1S/C8H5F5O/c9-4-1-2-6(14-8(12)13)5(3-4)7(10)11/h1-3,7-8H. The molecule has 1 rings (SSSR count). The Hall–Kier alpha value is -1.33. The highest BCUT2D eigenvalue weighted by molar-refractivity contribution is 5.34. The van der Waals surface area contributed by atoms with Crippen molar-refractivity contribution in [3.05, 3.63) is 29.6 Å². The smallest absolute Gasteiger partial charge is 0.387 e. The predicted molar refractivity (Wildman–Crippen MR) is 38.0 cm³/mol. The summed E-state index contributed by atoms with van der Waals surface area (Å²) >= 11 is 0. The van der Waals surface area contributed by atoms with Crippen LogP contribution < -0.4 is 4.74 Å². The summed E-state index contributed by atoms with van der Waals surface area (Å²) in [7, 11) is 0. The summed E-state index contributed by atoms with van der Waals surface area (Å²) in [6.07, 6.45) is -3.06. The molecular formula is C8H5F5O. The lowest BCUT2D eigenvalue weighted by Crippen LogP contribution is -2.05. The first kappa shape index (κ1) is 10.7. The van der Waals surface area contributed by atoms with Crippen LogP contribution in [0, 0.1) is 5.82 Å². The highest BCUT2D eigenvalue weighted by Gasteiger charge is 2.17. The quantitative estimate of drug-likeness (QED) is 0.698. The number of benzene rings is 1. The molecule has 0 saturated heterocycles. The molecular weight excluding hydrogens is 207 g/mol. The molecule has 0 unspecified atom stereocenters. The molecule has 1 nitrogen and oxygen atoms in total. The highest BCUT2D eigenvalue weighted by Crippen LogP contribution is 2.30. The van der Waals surface area contributed by atoms with Crippen molar-refractivity contribution in [2.75, 3.05) is 0 Å². The lowest BCUT2D eigenvalue weighted by molar-refractivity contribution is -0.0520. The molecule has 0 bridgehead atoms. The molecule has 14 heavy (non-hydrogen) atoms. The molecule has 0 aromatic heterocycles. The third-order valence-corrected chi connectivity index (χ3v) is 1.42. The maximum Gasteiger partial charge on any atom is 0.387 e. The third kappa shape index (κ3) is 2.58.